The Morgan fingerprint density at radius 1 is 1.16 bits per heavy atom. The van der Waals surface area contributed by atoms with E-state index >= 15 is 0 Å². The fourth-order valence-electron chi connectivity index (χ4n) is 2.04. The Hall–Kier alpha value is -0.900. The molecule has 2 aromatic carbocycles. The third-order valence-corrected chi connectivity index (χ3v) is 5.13. The SMILES string of the molecule is Fc1cc(C(Cl)c2csc3ccccc23)ccc1Br. The number of benzene rings is 2. The summed E-state index contributed by atoms with van der Waals surface area (Å²) in [6.07, 6.45) is 0. The molecule has 0 aliphatic rings. The van der Waals surface area contributed by atoms with Gasteiger partial charge in [-0.2, -0.15) is 0 Å². The summed E-state index contributed by atoms with van der Waals surface area (Å²) in [7, 11) is 0. The summed E-state index contributed by atoms with van der Waals surface area (Å²) < 4.78 is 15.2. The summed E-state index contributed by atoms with van der Waals surface area (Å²) >= 11 is 11.3. The maximum atomic E-state index is 13.6. The number of fused-ring (bicyclic) bond motifs is 1. The first kappa shape index (κ1) is 13.1. The van der Waals surface area contributed by atoms with Crippen LogP contribution in [0.4, 0.5) is 4.39 Å². The molecule has 0 radical (unpaired) electrons. The molecule has 96 valence electrons. The minimum absolute atomic E-state index is 0.289. The lowest BCUT2D eigenvalue weighted by Crippen LogP contribution is -1.93. The fraction of sp³-hybridized carbons (Fsp3) is 0.0667. The molecular weight excluding hydrogens is 347 g/mol. The zero-order valence-electron chi connectivity index (χ0n) is 9.74. The number of thiophene rings is 1. The summed E-state index contributed by atoms with van der Waals surface area (Å²) in [4.78, 5) is 0. The quantitative estimate of drug-likeness (QED) is 0.485. The molecule has 3 rings (SSSR count). The van der Waals surface area contributed by atoms with E-state index in [0.717, 1.165) is 16.5 Å². The van der Waals surface area contributed by atoms with Crippen molar-refractivity contribution in [3.63, 3.8) is 0 Å². The molecule has 0 aliphatic heterocycles. The first-order valence-corrected chi connectivity index (χ1v) is 7.83. The summed E-state index contributed by atoms with van der Waals surface area (Å²) in [5, 5.41) is 2.84. The maximum Gasteiger partial charge on any atom is 0.137 e. The molecule has 0 amide bonds. The van der Waals surface area contributed by atoms with Gasteiger partial charge in [-0.05, 0) is 56.0 Å². The van der Waals surface area contributed by atoms with Gasteiger partial charge in [-0.3, -0.25) is 0 Å². The first-order valence-electron chi connectivity index (χ1n) is 5.72. The second-order valence-corrected chi connectivity index (χ2v) is 6.43. The van der Waals surface area contributed by atoms with Crippen LogP contribution in [0.1, 0.15) is 16.5 Å². The van der Waals surface area contributed by atoms with Crippen molar-refractivity contribution in [2.24, 2.45) is 0 Å². The molecule has 4 heteroatoms. The predicted molar refractivity (Wildman–Crippen MR) is 83.6 cm³/mol. The Morgan fingerprint density at radius 3 is 2.74 bits per heavy atom. The van der Waals surface area contributed by atoms with Gasteiger partial charge in [0.15, 0.2) is 0 Å². The van der Waals surface area contributed by atoms with Crippen LogP contribution in [0.3, 0.4) is 0 Å². The number of alkyl halides is 1. The van der Waals surface area contributed by atoms with Crippen LogP contribution in [-0.4, -0.2) is 0 Å². The van der Waals surface area contributed by atoms with Crippen molar-refractivity contribution in [3.8, 4) is 0 Å². The lowest BCUT2D eigenvalue weighted by molar-refractivity contribution is 0.619. The minimum Gasteiger partial charge on any atom is -0.206 e. The number of hydrogen-bond acceptors (Lipinski definition) is 1. The molecular formula is C15H9BrClFS. The van der Waals surface area contributed by atoms with E-state index in [4.69, 9.17) is 11.6 Å². The van der Waals surface area contributed by atoms with Gasteiger partial charge in [0.2, 0.25) is 0 Å². The highest BCUT2D eigenvalue weighted by atomic mass is 79.9. The molecule has 19 heavy (non-hydrogen) atoms. The second kappa shape index (κ2) is 5.23. The predicted octanol–water partition coefficient (Wildman–Crippen LogP) is 6.13. The van der Waals surface area contributed by atoms with Gasteiger partial charge in [-0.15, -0.1) is 22.9 Å². The van der Waals surface area contributed by atoms with Gasteiger partial charge in [0, 0.05) is 4.70 Å². The molecule has 0 fully saturated rings. The van der Waals surface area contributed by atoms with Gasteiger partial charge in [-0.1, -0.05) is 24.3 Å². The highest BCUT2D eigenvalue weighted by Gasteiger charge is 2.16. The van der Waals surface area contributed by atoms with Crippen LogP contribution >= 0.6 is 38.9 Å². The average Bonchev–Trinajstić information content (AvgIpc) is 2.85. The molecule has 1 heterocycles. The Bertz CT molecular complexity index is 738. The van der Waals surface area contributed by atoms with Crippen molar-refractivity contribution >= 4 is 49.0 Å². The van der Waals surface area contributed by atoms with Crippen molar-refractivity contribution in [2.45, 2.75) is 5.38 Å². The van der Waals surface area contributed by atoms with E-state index in [0.29, 0.717) is 4.47 Å². The number of rotatable bonds is 2. The smallest absolute Gasteiger partial charge is 0.137 e. The number of hydrogen-bond donors (Lipinski definition) is 0. The normalized spacial score (nSPS) is 12.8. The summed E-state index contributed by atoms with van der Waals surface area (Å²) in [6.45, 7) is 0. The van der Waals surface area contributed by atoms with Crippen LogP contribution < -0.4 is 0 Å². The highest BCUT2D eigenvalue weighted by Crippen LogP contribution is 2.37. The van der Waals surface area contributed by atoms with Crippen LogP contribution in [0.25, 0.3) is 10.1 Å². The van der Waals surface area contributed by atoms with Crippen LogP contribution in [0.2, 0.25) is 0 Å². The van der Waals surface area contributed by atoms with E-state index in [1.165, 1.54) is 10.8 Å². The zero-order chi connectivity index (χ0) is 13.4. The van der Waals surface area contributed by atoms with Crippen LogP contribution in [0, 0.1) is 5.82 Å². The van der Waals surface area contributed by atoms with Gasteiger partial charge in [0.25, 0.3) is 0 Å². The Kier molecular flexibility index (Phi) is 3.61. The highest BCUT2D eigenvalue weighted by molar-refractivity contribution is 9.10. The molecule has 3 aromatic rings. The molecule has 1 atom stereocenters. The van der Waals surface area contributed by atoms with Crippen molar-refractivity contribution in [2.75, 3.05) is 0 Å². The van der Waals surface area contributed by atoms with Crippen LogP contribution in [0.5, 0.6) is 0 Å². The van der Waals surface area contributed by atoms with Crippen LogP contribution in [-0.2, 0) is 0 Å². The minimum atomic E-state index is -0.334. The van der Waals surface area contributed by atoms with E-state index in [1.807, 2.05) is 29.6 Å². The number of halogens is 3. The monoisotopic (exact) mass is 354 g/mol. The third-order valence-electron chi connectivity index (χ3n) is 3.02. The molecule has 0 N–H and O–H groups in total. The van der Waals surface area contributed by atoms with Gasteiger partial charge < -0.3 is 0 Å². The largest absolute Gasteiger partial charge is 0.206 e. The molecule has 0 saturated heterocycles. The zero-order valence-corrected chi connectivity index (χ0v) is 12.9. The molecule has 0 spiro atoms. The van der Waals surface area contributed by atoms with Gasteiger partial charge >= 0.3 is 0 Å². The Morgan fingerprint density at radius 2 is 1.95 bits per heavy atom. The van der Waals surface area contributed by atoms with Crippen molar-refractivity contribution < 1.29 is 4.39 Å². The fourth-order valence-corrected chi connectivity index (χ4v) is 3.67. The molecule has 0 nitrogen and oxygen atoms in total. The van der Waals surface area contributed by atoms with E-state index in [1.54, 1.807) is 17.4 Å². The van der Waals surface area contributed by atoms with Crippen molar-refractivity contribution in [3.05, 3.63) is 69.3 Å². The molecule has 1 unspecified atom stereocenters. The van der Waals surface area contributed by atoms with Crippen molar-refractivity contribution in [1.29, 1.82) is 0 Å². The average molecular weight is 356 g/mol. The summed E-state index contributed by atoms with van der Waals surface area (Å²) in [5.74, 6) is -0.289. The first-order chi connectivity index (χ1) is 9.16. The Balaban J connectivity index is 2.08. The third kappa shape index (κ3) is 2.42. The topological polar surface area (TPSA) is 0 Å². The van der Waals surface area contributed by atoms with Crippen LogP contribution in [0.15, 0.2) is 52.3 Å². The molecule has 0 bridgehead atoms. The van der Waals surface area contributed by atoms with Gasteiger partial charge in [0.05, 0.1) is 9.85 Å². The molecule has 1 aromatic heterocycles. The summed E-state index contributed by atoms with van der Waals surface area (Å²) in [6, 6.07) is 13.1. The van der Waals surface area contributed by atoms with E-state index < -0.39 is 0 Å². The second-order valence-electron chi connectivity index (χ2n) is 4.22. The van der Waals surface area contributed by atoms with Gasteiger partial charge in [-0.25, -0.2) is 4.39 Å². The van der Waals surface area contributed by atoms with Crippen molar-refractivity contribution in [1.82, 2.24) is 0 Å². The lowest BCUT2D eigenvalue weighted by atomic mass is 10.0. The molecule has 0 saturated carbocycles. The van der Waals surface area contributed by atoms with E-state index in [2.05, 4.69) is 22.0 Å². The lowest BCUT2D eigenvalue weighted by Gasteiger charge is -2.10. The van der Waals surface area contributed by atoms with E-state index in [-0.39, 0.29) is 11.2 Å². The Labute approximate surface area is 128 Å². The van der Waals surface area contributed by atoms with E-state index in [9.17, 15) is 4.39 Å². The standard InChI is InChI=1S/C15H9BrClFS/c16-12-6-5-9(7-13(12)18)15(17)11-8-19-14-4-2-1-3-10(11)14/h1-8,15H. The maximum absolute atomic E-state index is 13.6. The van der Waals surface area contributed by atoms with Gasteiger partial charge in [0.1, 0.15) is 5.82 Å². The summed E-state index contributed by atoms with van der Waals surface area (Å²) in [5.41, 5.74) is 1.80. The molecule has 0 aliphatic carbocycles.